The molecule has 5 fully saturated rings. The number of ketones is 1. The Bertz CT molecular complexity index is 7860. The van der Waals surface area contributed by atoms with E-state index in [9.17, 15) is 40.7 Å². The number of imidazole rings is 3. The van der Waals surface area contributed by atoms with E-state index in [1.54, 1.807) is 43.3 Å². The Morgan fingerprint density at radius 3 is 1.18 bits per heavy atom. The van der Waals surface area contributed by atoms with Gasteiger partial charge in [0.15, 0.2) is 52.0 Å². The molecule has 4 N–H and O–H groups in total. The molecule has 28 nitrogen and oxygen atoms in total. The molecule has 22 heterocycles. The van der Waals surface area contributed by atoms with Crippen LogP contribution >= 0.6 is 22.7 Å². The van der Waals surface area contributed by atoms with Gasteiger partial charge in [-0.3, -0.25) is 36.9 Å². The van der Waals surface area contributed by atoms with E-state index in [4.69, 9.17) is 24.9 Å². The van der Waals surface area contributed by atoms with E-state index >= 15 is 0 Å². The molecule has 138 heavy (non-hydrogen) atoms. The van der Waals surface area contributed by atoms with Crippen molar-refractivity contribution in [3.63, 3.8) is 0 Å². The molecule has 14 aromatic heterocycles. The highest BCUT2D eigenvalue weighted by atomic mass is 32.1. The van der Waals surface area contributed by atoms with Crippen molar-refractivity contribution in [2.45, 2.75) is 150 Å². The van der Waals surface area contributed by atoms with Crippen molar-refractivity contribution in [1.82, 2.24) is 97.7 Å². The van der Waals surface area contributed by atoms with Gasteiger partial charge in [0.2, 0.25) is 17.1 Å². The number of aromatic nitrogens is 15. The molecule has 0 bridgehead atoms. The molecule has 36 heteroatoms. The number of nitrogens with zero attached hydrogens (tertiary/aromatic N) is 21. The number of piperazine rings is 4. The van der Waals surface area contributed by atoms with Gasteiger partial charge in [-0.2, -0.15) is 0 Å². The van der Waals surface area contributed by atoms with Gasteiger partial charge < -0.3 is 59.8 Å². The topological polar surface area (TPSA) is 255 Å². The molecule has 25 rings (SSSR count). The first-order chi connectivity index (χ1) is 65.9. The third-order valence-corrected chi connectivity index (χ3v) is 28.8. The van der Waals surface area contributed by atoms with E-state index in [0.717, 1.165) is 168 Å². The largest absolute Gasteiger partial charge is 0.355 e. The highest BCUT2D eigenvalue weighted by molar-refractivity contribution is 7.17. The zero-order chi connectivity index (χ0) is 95.3. The lowest BCUT2D eigenvalue weighted by molar-refractivity contribution is 0.0977. The monoisotopic (exact) mass is 1910 g/mol. The van der Waals surface area contributed by atoms with E-state index in [2.05, 4.69) is 210 Å². The molecule has 0 amide bonds. The molecule has 5 saturated heterocycles. The number of Topliss-reactive ketones (excluding diaryl/α,β-unsaturated/α-hetero) is 1. The van der Waals surface area contributed by atoms with Crippen LogP contribution in [0.25, 0.3) is 116 Å². The lowest BCUT2D eigenvalue weighted by Crippen LogP contribution is -2.54. The quantitative estimate of drug-likeness (QED) is 0.113. The Labute approximate surface area is 799 Å². The average molecular weight is 1910 g/mol. The van der Waals surface area contributed by atoms with Gasteiger partial charge in [-0.1, -0.05) is 38.8 Å². The third-order valence-electron chi connectivity index (χ3n) is 27.1. The van der Waals surface area contributed by atoms with Gasteiger partial charge in [0.25, 0.3) is 11.1 Å². The summed E-state index contributed by atoms with van der Waals surface area (Å²) in [6.07, 6.45) is 3.14. The summed E-state index contributed by atoms with van der Waals surface area (Å²) in [6.45, 7) is 39.3. The predicted molar refractivity (Wildman–Crippen MR) is 539 cm³/mol. The van der Waals surface area contributed by atoms with Gasteiger partial charge in [-0.05, 0) is 171 Å². The second-order valence-electron chi connectivity index (χ2n) is 37.8. The second kappa shape index (κ2) is 36.6. The van der Waals surface area contributed by atoms with Crippen LogP contribution in [-0.2, 0) is 32.9 Å². The number of allylic oxidation sites excluding steroid dienone is 2. The van der Waals surface area contributed by atoms with Crippen molar-refractivity contribution in [2.75, 3.05) is 110 Å². The van der Waals surface area contributed by atoms with Crippen molar-refractivity contribution < 1.29 is 31.1 Å². The number of halogens is 6. The maximum Gasteiger partial charge on any atom is 0.294 e. The fourth-order valence-corrected chi connectivity index (χ4v) is 22.7. The minimum absolute atomic E-state index is 0. The number of carbonyl (C=O) groups is 1. The lowest BCUT2D eigenvalue weighted by atomic mass is 10.0. The van der Waals surface area contributed by atoms with Gasteiger partial charge in [-0.15, -0.1) is 22.7 Å². The van der Waals surface area contributed by atoms with Crippen molar-refractivity contribution in [3.8, 4) is 17.5 Å². The fraction of sp³-hybridized carbons (Fsp3) is 0.363. The van der Waals surface area contributed by atoms with Crippen LogP contribution in [0.5, 0.6) is 0 Å². The molecule has 0 radical (unpaired) electrons. The Balaban J connectivity index is 0.000000106. The van der Waals surface area contributed by atoms with E-state index in [1.165, 1.54) is 76.0 Å². The maximum absolute atomic E-state index is 14.0. The number of hydrogen-bond acceptors (Lipinski definition) is 23. The molecular weight excluding hydrogens is 1800 g/mol. The number of fused-ring (bicyclic) bond motifs is 25. The number of nitrogens with one attached hydrogen (secondary N) is 4. The van der Waals surface area contributed by atoms with E-state index in [0.29, 0.717) is 99.6 Å². The number of pyridine rings is 5. The maximum atomic E-state index is 14.0. The van der Waals surface area contributed by atoms with Gasteiger partial charge in [-0.25, -0.2) is 66.2 Å². The van der Waals surface area contributed by atoms with Gasteiger partial charge in [0.1, 0.15) is 46.5 Å². The standard InChI is InChI=1S/C21H22F2N6O.C20H20F2N6O.C20H19F2N5O.2C20H22N4S.CH4/c1-4-28-16-5-6-18(27-9-11(2)24-12(3)10-27)26-19(16)29-17-8-14(23)13(22)7-15(17)25-20(29)21(28)30;1-10-8-27(9-11(2)23-10)17-5-4-15-18(25-17)28-16-7-13(22)12(21)6-14(16)24-19(28)20(29)26(15)3;1-10-8-26(9-11(2)23-10)18-4-3-12-5-17(28)20-24-15-6-13(21)14(22)7-16(15)27(20)19(12)25-18;1-12-8-15-4-5-19(23-10-13(2)21-14(3)11-23)22-20(15)24-16-6-7-25-18(16)9-17(12)24;1-14-12-15-4-5-19(23-8-3-7-22(2)9-10-23)21-20(15)24-16-6-11-25-18(16)13-17(14)24;/h5-8,11-12,24H,4,9-10H2,1-3H3;4-7,10-11,23H,8-9H2,1-3H3;3-4,6-7,10-11,23H,5,8-9H2,1-2H3;4-7,9,13-14,21H,1,8,10-11H2,2-3H3;4-6,11,13H,1,3,7-10,12H2,2H3;1H4/t11-,12+;2*10-,11+;13-,14+;;. The van der Waals surface area contributed by atoms with Crippen LogP contribution in [0.15, 0.2) is 155 Å². The Morgan fingerprint density at radius 1 is 0.370 bits per heavy atom. The van der Waals surface area contributed by atoms with Crippen LogP contribution in [-0.4, -0.2) is 216 Å². The highest BCUT2D eigenvalue weighted by Crippen LogP contribution is 2.42. The Morgan fingerprint density at radius 2 is 0.739 bits per heavy atom. The molecule has 8 aliphatic heterocycles. The molecule has 0 spiro atoms. The number of hydrogen-bond donors (Lipinski definition) is 4. The van der Waals surface area contributed by atoms with Crippen LogP contribution in [0.1, 0.15) is 115 Å². The molecule has 0 saturated carbocycles. The molecule has 17 aromatic rings. The summed E-state index contributed by atoms with van der Waals surface area (Å²) in [4.78, 5) is 89.7. The Kier molecular flexibility index (Phi) is 24.5. The van der Waals surface area contributed by atoms with Crippen molar-refractivity contribution in [3.05, 3.63) is 235 Å². The number of anilines is 5. The van der Waals surface area contributed by atoms with Crippen LogP contribution in [0, 0.1) is 34.9 Å². The number of rotatable bonds is 6. The SMILES string of the molecule is C.C=C1Cc2ccc(N3CCCN(C)CC3)nc2-n2c1cc1sccc12.C=C1Cc2ccc(N3C[C@@H](C)N[C@@H](C)C3)nc2-n2c1cc1sccc12.CCn1c(=O)c2nc3cc(F)c(F)cc3n2c2nc(N3C[C@@H](C)N[C@@H](C)C3)ccc21.C[C@@H]1CN(c2ccc3c(n2)-n2c(nc4cc(F)c(F)cc42)C(=O)C3)C[C@H](C)N1.C[C@@H]1CN(c2ccc3c(n2)n2c(nc4cc(F)c(F)cc42)c(=O)n3C)C[C@H](C)N1. The van der Waals surface area contributed by atoms with Gasteiger partial charge in [0.05, 0.1) is 76.0 Å². The fourth-order valence-electron chi connectivity index (χ4n) is 21.1. The third kappa shape index (κ3) is 16.8. The van der Waals surface area contributed by atoms with Gasteiger partial charge in [0, 0.05) is 206 Å². The number of likely N-dealkylation sites (N-methyl/N-ethyl adjacent to an activating group) is 1. The summed E-state index contributed by atoms with van der Waals surface area (Å²) in [7, 11) is 3.84. The summed E-state index contributed by atoms with van der Waals surface area (Å²) < 4.78 is 97.9. The molecule has 8 aliphatic rings. The van der Waals surface area contributed by atoms with E-state index < -0.39 is 34.9 Å². The lowest BCUT2D eigenvalue weighted by Gasteiger charge is -2.37. The minimum atomic E-state index is -1.00. The zero-order valence-electron chi connectivity index (χ0n) is 78.0. The number of benzene rings is 3. The molecule has 714 valence electrons. The van der Waals surface area contributed by atoms with Crippen molar-refractivity contribution >= 4 is 156 Å². The first-order valence-electron chi connectivity index (χ1n) is 46.7. The van der Waals surface area contributed by atoms with Crippen LogP contribution in [0.3, 0.4) is 0 Å². The first kappa shape index (κ1) is 92.5. The minimum Gasteiger partial charge on any atom is -0.355 e. The second-order valence-corrected chi connectivity index (χ2v) is 39.7. The summed E-state index contributed by atoms with van der Waals surface area (Å²) in [5.41, 5.74) is 13.9. The van der Waals surface area contributed by atoms with Crippen molar-refractivity contribution in [2.24, 2.45) is 7.05 Å². The predicted octanol–water partition coefficient (Wildman–Crippen LogP) is 15.8. The summed E-state index contributed by atoms with van der Waals surface area (Å²) in [6, 6.07) is 38.2. The summed E-state index contributed by atoms with van der Waals surface area (Å²) >= 11 is 3.57. The average Bonchev–Trinajstić information content (AvgIpc) is 1.57. The number of aryl methyl sites for hydroxylation is 2. The smallest absolute Gasteiger partial charge is 0.294 e. The summed E-state index contributed by atoms with van der Waals surface area (Å²) in [5, 5.41) is 18.4. The Hall–Kier alpha value is -13.2. The molecule has 3 aromatic carbocycles. The highest BCUT2D eigenvalue weighted by Gasteiger charge is 2.35. The first-order valence-corrected chi connectivity index (χ1v) is 48.5. The zero-order valence-corrected chi connectivity index (χ0v) is 79.6. The van der Waals surface area contributed by atoms with E-state index in [-0.39, 0.29) is 64.4 Å². The van der Waals surface area contributed by atoms with Crippen LogP contribution in [0.4, 0.5) is 55.4 Å². The number of thiophene rings is 2. The van der Waals surface area contributed by atoms with Crippen LogP contribution < -0.4 is 56.9 Å². The molecular formula is C102H109F6N25O3S2. The number of carbonyl (C=O) groups excluding carboxylic acids is 1. The van der Waals surface area contributed by atoms with Crippen molar-refractivity contribution in [1.29, 1.82) is 0 Å². The molecule has 0 aliphatic carbocycles. The molecule has 0 unspecified atom stereocenters. The normalized spacial score (nSPS) is 20.5. The molecule has 8 atom stereocenters. The summed E-state index contributed by atoms with van der Waals surface area (Å²) in [5.74, 6) is 1.27. The van der Waals surface area contributed by atoms with Crippen LogP contribution in [0.2, 0.25) is 0 Å². The van der Waals surface area contributed by atoms with Gasteiger partial charge >= 0.3 is 0 Å². The van der Waals surface area contributed by atoms with E-state index in [1.807, 2.05) is 43.3 Å².